The van der Waals surface area contributed by atoms with E-state index in [0.29, 0.717) is 35.1 Å². The Morgan fingerprint density at radius 3 is 2.52 bits per heavy atom. The summed E-state index contributed by atoms with van der Waals surface area (Å²) in [6.45, 7) is 4.00. The smallest absolute Gasteiger partial charge is 0.300 e. The van der Waals surface area contributed by atoms with Crippen molar-refractivity contribution in [3.63, 3.8) is 0 Å². The fourth-order valence-corrected chi connectivity index (χ4v) is 3.63. The Balaban J connectivity index is 1.90. The normalized spacial score (nSPS) is 17.9. The molecule has 1 atom stereocenters. The zero-order chi connectivity index (χ0) is 22.1. The van der Waals surface area contributed by atoms with E-state index in [4.69, 9.17) is 9.15 Å². The maximum Gasteiger partial charge on any atom is 0.300 e. The highest BCUT2D eigenvalue weighted by Gasteiger charge is 2.48. The van der Waals surface area contributed by atoms with Crippen molar-refractivity contribution in [3.05, 3.63) is 89.1 Å². The SMILES string of the molecule is CCOc1cccc(/C(O)=C2/C(=O)C(=O)N(c3ccc(F)cc3)C2c2ccc(C)o2)c1. The number of amides is 1. The number of anilines is 1. The van der Waals surface area contributed by atoms with Crippen molar-refractivity contribution in [3.8, 4) is 5.75 Å². The van der Waals surface area contributed by atoms with Gasteiger partial charge >= 0.3 is 0 Å². The van der Waals surface area contributed by atoms with Gasteiger partial charge in [0.05, 0.1) is 12.2 Å². The van der Waals surface area contributed by atoms with Crippen molar-refractivity contribution in [1.29, 1.82) is 0 Å². The van der Waals surface area contributed by atoms with Gasteiger partial charge in [0.15, 0.2) is 0 Å². The lowest BCUT2D eigenvalue weighted by molar-refractivity contribution is -0.132. The first-order valence-corrected chi connectivity index (χ1v) is 9.77. The molecule has 7 heteroatoms. The second-order valence-corrected chi connectivity index (χ2v) is 7.05. The van der Waals surface area contributed by atoms with Gasteiger partial charge in [-0.1, -0.05) is 12.1 Å². The molecule has 0 saturated carbocycles. The van der Waals surface area contributed by atoms with E-state index in [1.807, 2.05) is 6.92 Å². The summed E-state index contributed by atoms with van der Waals surface area (Å²) in [7, 11) is 0. The third-order valence-corrected chi connectivity index (χ3v) is 5.00. The van der Waals surface area contributed by atoms with E-state index in [2.05, 4.69) is 0 Å². The summed E-state index contributed by atoms with van der Waals surface area (Å²) < 4.78 is 24.6. The van der Waals surface area contributed by atoms with E-state index >= 15 is 0 Å². The Morgan fingerprint density at radius 1 is 1.13 bits per heavy atom. The monoisotopic (exact) mass is 421 g/mol. The molecule has 1 fully saturated rings. The standard InChI is InChI=1S/C24H20FNO5/c1-3-30-18-6-4-5-15(13-18)22(27)20-21(19-12-7-14(2)31-19)26(24(29)23(20)28)17-10-8-16(25)9-11-17/h4-13,21,27H,3H2,1-2H3/b22-20-. The molecule has 2 heterocycles. The van der Waals surface area contributed by atoms with Gasteiger partial charge in [0, 0.05) is 11.3 Å². The number of benzene rings is 2. The van der Waals surface area contributed by atoms with Gasteiger partial charge < -0.3 is 14.3 Å². The Kier molecular flexibility index (Phi) is 5.33. The van der Waals surface area contributed by atoms with Crippen LogP contribution in [-0.4, -0.2) is 23.4 Å². The number of hydrogen-bond acceptors (Lipinski definition) is 5. The highest BCUT2D eigenvalue weighted by molar-refractivity contribution is 6.51. The highest BCUT2D eigenvalue weighted by Crippen LogP contribution is 2.42. The first-order chi connectivity index (χ1) is 14.9. The van der Waals surface area contributed by atoms with E-state index in [1.54, 1.807) is 43.3 Å². The van der Waals surface area contributed by atoms with Crippen molar-refractivity contribution in [2.45, 2.75) is 19.9 Å². The topological polar surface area (TPSA) is 80.0 Å². The predicted octanol–water partition coefficient (Wildman–Crippen LogP) is 4.75. The molecular weight excluding hydrogens is 401 g/mol. The molecule has 3 aromatic rings. The van der Waals surface area contributed by atoms with E-state index in [1.165, 1.54) is 29.2 Å². The van der Waals surface area contributed by atoms with Crippen molar-refractivity contribution in [2.75, 3.05) is 11.5 Å². The van der Waals surface area contributed by atoms with Crippen molar-refractivity contribution in [1.82, 2.24) is 0 Å². The summed E-state index contributed by atoms with van der Waals surface area (Å²) in [6.07, 6.45) is 0. The molecule has 1 aromatic heterocycles. The zero-order valence-electron chi connectivity index (χ0n) is 17.0. The van der Waals surface area contributed by atoms with Crippen LogP contribution in [0.4, 0.5) is 10.1 Å². The van der Waals surface area contributed by atoms with E-state index in [-0.39, 0.29) is 11.3 Å². The molecule has 1 amide bonds. The number of carbonyl (C=O) groups excluding carboxylic acids is 2. The first-order valence-electron chi connectivity index (χ1n) is 9.77. The molecule has 1 aliphatic rings. The van der Waals surface area contributed by atoms with Gasteiger partial charge in [0.25, 0.3) is 11.7 Å². The van der Waals surface area contributed by atoms with Gasteiger partial charge in [-0.05, 0) is 62.4 Å². The first kappa shape index (κ1) is 20.4. The molecule has 158 valence electrons. The molecule has 1 unspecified atom stereocenters. The molecular formula is C24H20FNO5. The maximum absolute atomic E-state index is 13.4. The number of ether oxygens (including phenoxy) is 1. The van der Waals surface area contributed by atoms with Crippen LogP contribution in [0, 0.1) is 12.7 Å². The van der Waals surface area contributed by atoms with Gasteiger partial charge in [0.1, 0.15) is 34.9 Å². The number of ketones is 1. The van der Waals surface area contributed by atoms with Crippen molar-refractivity contribution >= 4 is 23.1 Å². The quantitative estimate of drug-likeness (QED) is 0.365. The Hall–Kier alpha value is -3.87. The number of aryl methyl sites for hydroxylation is 1. The average Bonchev–Trinajstić information content (AvgIpc) is 3.30. The molecule has 0 bridgehead atoms. The van der Waals surface area contributed by atoms with Gasteiger partial charge in [-0.2, -0.15) is 0 Å². The molecule has 0 aliphatic carbocycles. The minimum absolute atomic E-state index is 0.114. The van der Waals surface area contributed by atoms with Gasteiger partial charge in [-0.15, -0.1) is 0 Å². The number of halogens is 1. The van der Waals surface area contributed by atoms with Crippen LogP contribution in [0.5, 0.6) is 5.75 Å². The van der Waals surface area contributed by atoms with Crippen LogP contribution in [-0.2, 0) is 9.59 Å². The zero-order valence-corrected chi connectivity index (χ0v) is 17.0. The molecule has 1 saturated heterocycles. The van der Waals surface area contributed by atoms with Crippen molar-refractivity contribution < 1.29 is 28.2 Å². The largest absolute Gasteiger partial charge is 0.507 e. The molecule has 4 rings (SSSR count). The van der Waals surface area contributed by atoms with Crippen LogP contribution in [0.2, 0.25) is 0 Å². The number of carbonyl (C=O) groups is 2. The Bertz CT molecular complexity index is 1180. The minimum atomic E-state index is -1.00. The highest BCUT2D eigenvalue weighted by atomic mass is 19.1. The number of furan rings is 1. The second kappa shape index (κ2) is 8.10. The van der Waals surface area contributed by atoms with Crippen LogP contribution < -0.4 is 9.64 Å². The summed E-state index contributed by atoms with van der Waals surface area (Å²) in [5, 5.41) is 11.1. The van der Waals surface area contributed by atoms with Crippen LogP contribution in [0.25, 0.3) is 5.76 Å². The number of nitrogens with zero attached hydrogens (tertiary/aromatic N) is 1. The fourth-order valence-electron chi connectivity index (χ4n) is 3.63. The fraction of sp³-hybridized carbons (Fsp3) is 0.167. The van der Waals surface area contributed by atoms with Gasteiger partial charge in [-0.3, -0.25) is 14.5 Å². The molecule has 1 N–H and O–H groups in total. The summed E-state index contributed by atoms with van der Waals surface area (Å²) in [6, 6.07) is 14.2. The Morgan fingerprint density at radius 2 is 1.87 bits per heavy atom. The van der Waals surface area contributed by atoms with Crippen LogP contribution >= 0.6 is 0 Å². The third kappa shape index (κ3) is 3.70. The number of rotatable bonds is 5. The molecule has 31 heavy (non-hydrogen) atoms. The Labute approximate surface area is 178 Å². The molecule has 0 spiro atoms. The van der Waals surface area contributed by atoms with E-state index < -0.39 is 23.5 Å². The van der Waals surface area contributed by atoms with Crippen molar-refractivity contribution in [2.24, 2.45) is 0 Å². The van der Waals surface area contributed by atoms with Gasteiger partial charge in [0.2, 0.25) is 0 Å². The summed E-state index contributed by atoms with van der Waals surface area (Å²) in [4.78, 5) is 27.2. The number of hydrogen-bond donors (Lipinski definition) is 1. The maximum atomic E-state index is 13.4. The van der Waals surface area contributed by atoms with E-state index in [9.17, 15) is 19.1 Å². The summed E-state index contributed by atoms with van der Waals surface area (Å²) >= 11 is 0. The lowest BCUT2D eigenvalue weighted by Crippen LogP contribution is -2.29. The lowest BCUT2D eigenvalue weighted by Gasteiger charge is -2.23. The number of aliphatic hydroxyl groups is 1. The lowest BCUT2D eigenvalue weighted by atomic mass is 9.99. The molecule has 2 aromatic carbocycles. The van der Waals surface area contributed by atoms with Crippen LogP contribution in [0.15, 0.2) is 70.7 Å². The molecule has 1 aliphatic heterocycles. The average molecular weight is 421 g/mol. The van der Waals surface area contributed by atoms with E-state index in [0.717, 1.165) is 0 Å². The second-order valence-electron chi connectivity index (χ2n) is 7.05. The van der Waals surface area contributed by atoms with Gasteiger partial charge in [-0.25, -0.2) is 4.39 Å². The summed E-state index contributed by atoms with van der Waals surface area (Å²) in [5.74, 6) is -1.11. The number of Topliss-reactive ketones (excluding diaryl/α,β-unsaturated/α-hetero) is 1. The predicted molar refractivity (Wildman–Crippen MR) is 112 cm³/mol. The third-order valence-electron chi connectivity index (χ3n) is 5.00. The summed E-state index contributed by atoms with van der Waals surface area (Å²) in [5.41, 5.74) is 0.526. The van der Waals surface area contributed by atoms with Crippen LogP contribution in [0.1, 0.15) is 30.0 Å². The number of aliphatic hydroxyl groups excluding tert-OH is 1. The molecule has 6 nitrogen and oxygen atoms in total. The minimum Gasteiger partial charge on any atom is -0.507 e. The van der Waals surface area contributed by atoms with Crippen LogP contribution in [0.3, 0.4) is 0 Å². The molecule has 0 radical (unpaired) electrons.